The molecule has 6 nitrogen and oxygen atoms in total. The number of aliphatic hydroxyl groups excluding tert-OH is 1. The molecule has 1 aromatic heterocycles. The molecule has 7 heteroatoms. The maximum atomic E-state index is 12.5. The number of aryl methyl sites for hydroxylation is 2. The van der Waals surface area contributed by atoms with Gasteiger partial charge in [0.2, 0.25) is 0 Å². The minimum atomic E-state index is -3.58. The first kappa shape index (κ1) is 14.5. The highest BCUT2D eigenvalue weighted by molar-refractivity contribution is 7.89. The SMILES string of the molecule is CCCn1cc(S(=O)(=O)N(CCO)C2CC2)nc1C. The van der Waals surface area contributed by atoms with Crippen LogP contribution in [0, 0.1) is 6.92 Å². The van der Waals surface area contributed by atoms with Gasteiger partial charge in [-0.3, -0.25) is 0 Å². The summed E-state index contributed by atoms with van der Waals surface area (Å²) in [7, 11) is -3.58. The van der Waals surface area contributed by atoms with Crippen molar-refractivity contribution in [3.8, 4) is 0 Å². The summed E-state index contributed by atoms with van der Waals surface area (Å²) in [4.78, 5) is 4.17. The fourth-order valence-electron chi connectivity index (χ4n) is 2.15. The zero-order valence-corrected chi connectivity index (χ0v) is 12.2. The normalized spacial score (nSPS) is 16.2. The number of aliphatic hydroxyl groups is 1. The molecule has 0 radical (unpaired) electrons. The van der Waals surface area contributed by atoms with Crippen LogP contribution in [-0.4, -0.2) is 46.6 Å². The third kappa shape index (κ3) is 2.98. The lowest BCUT2D eigenvalue weighted by atomic mass is 10.5. The lowest BCUT2D eigenvalue weighted by Crippen LogP contribution is -2.35. The van der Waals surface area contributed by atoms with Gasteiger partial charge in [0.05, 0.1) is 6.61 Å². The van der Waals surface area contributed by atoms with E-state index in [9.17, 15) is 8.42 Å². The second-order valence-electron chi connectivity index (χ2n) is 4.89. The van der Waals surface area contributed by atoms with Crippen LogP contribution >= 0.6 is 0 Å². The fraction of sp³-hybridized carbons (Fsp3) is 0.750. The Labute approximate surface area is 114 Å². The summed E-state index contributed by atoms with van der Waals surface area (Å²) >= 11 is 0. The molecule has 108 valence electrons. The van der Waals surface area contributed by atoms with Crippen LogP contribution in [0.3, 0.4) is 0 Å². The van der Waals surface area contributed by atoms with Gasteiger partial charge >= 0.3 is 0 Å². The first-order valence-electron chi connectivity index (χ1n) is 6.67. The molecule has 1 fully saturated rings. The Bertz CT molecular complexity index is 534. The molecule has 0 saturated heterocycles. The van der Waals surface area contributed by atoms with E-state index < -0.39 is 10.0 Å². The first-order valence-corrected chi connectivity index (χ1v) is 8.11. The molecule has 1 aliphatic rings. The Balaban J connectivity index is 2.29. The van der Waals surface area contributed by atoms with Crippen molar-refractivity contribution in [1.82, 2.24) is 13.9 Å². The van der Waals surface area contributed by atoms with Gasteiger partial charge in [0.15, 0.2) is 5.03 Å². The van der Waals surface area contributed by atoms with E-state index >= 15 is 0 Å². The van der Waals surface area contributed by atoms with Gasteiger partial charge in [-0.25, -0.2) is 13.4 Å². The minimum Gasteiger partial charge on any atom is -0.395 e. The molecule has 19 heavy (non-hydrogen) atoms. The number of sulfonamides is 1. The molecule has 0 spiro atoms. The number of aromatic nitrogens is 2. The van der Waals surface area contributed by atoms with Crippen molar-refractivity contribution in [2.75, 3.05) is 13.2 Å². The van der Waals surface area contributed by atoms with Crippen molar-refractivity contribution in [2.45, 2.75) is 50.7 Å². The largest absolute Gasteiger partial charge is 0.395 e. The molecule has 1 saturated carbocycles. The van der Waals surface area contributed by atoms with Crippen molar-refractivity contribution >= 4 is 10.0 Å². The summed E-state index contributed by atoms with van der Waals surface area (Å²) in [6, 6.07) is 0.0359. The molecule has 0 atom stereocenters. The molecule has 1 heterocycles. The summed E-state index contributed by atoms with van der Waals surface area (Å²) < 4.78 is 28.3. The Hall–Kier alpha value is -0.920. The van der Waals surface area contributed by atoms with Crippen molar-refractivity contribution in [3.63, 3.8) is 0 Å². The maximum Gasteiger partial charge on any atom is 0.262 e. The third-order valence-electron chi connectivity index (χ3n) is 3.27. The molecular weight excluding hydrogens is 266 g/mol. The Morgan fingerprint density at radius 1 is 1.53 bits per heavy atom. The molecule has 0 aliphatic heterocycles. The average Bonchev–Trinajstić information content (AvgIpc) is 3.12. The van der Waals surface area contributed by atoms with Crippen LogP contribution in [0.15, 0.2) is 11.2 Å². The van der Waals surface area contributed by atoms with Crippen molar-refractivity contribution in [3.05, 3.63) is 12.0 Å². The van der Waals surface area contributed by atoms with E-state index in [1.54, 1.807) is 6.20 Å². The second-order valence-corrected chi connectivity index (χ2v) is 6.73. The molecule has 1 aromatic rings. The van der Waals surface area contributed by atoms with Crippen LogP contribution in [0.25, 0.3) is 0 Å². The van der Waals surface area contributed by atoms with Crippen molar-refractivity contribution in [2.24, 2.45) is 0 Å². The molecule has 0 aromatic carbocycles. The van der Waals surface area contributed by atoms with E-state index in [0.29, 0.717) is 5.82 Å². The van der Waals surface area contributed by atoms with Gasteiger partial charge in [-0.05, 0) is 26.2 Å². The summed E-state index contributed by atoms with van der Waals surface area (Å²) in [5.74, 6) is 0.708. The summed E-state index contributed by atoms with van der Waals surface area (Å²) in [6.07, 6.45) is 4.27. The lowest BCUT2D eigenvalue weighted by Gasteiger charge is -2.19. The van der Waals surface area contributed by atoms with E-state index in [1.807, 2.05) is 18.4 Å². The minimum absolute atomic E-state index is 0.0359. The van der Waals surface area contributed by atoms with Gasteiger partial charge in [-0.1, -0.05) is 6.92 Å². The quantitative estimate of drug-likeness (QED) is 0.803. The average molecular weight is 287 g/mol. The van der Waals surface area contributed by atoms with Gasteiger partial charge in [-0.15, -0.1) is 0 Å². The summed E-state index contributed by atoms with van der Waals surface area (Å²) in [5, 5.41) is 9.13. The van der Waals surface area contributed by atoms with Crippen LogP contribution < -0.4 is 0 Å². The van der Waals surface area contributed by atoms with Crippen LogP contribution in [0.2, 0.25) is 0 Å². The second kappa shape index (κ2) is 5.60. The van der Waals surface area contributed by atoms with E-state index in [2.05, 4.69) is 4.98 Å². The zero-order chi connectivity index (χ0) is 14.0. The monoisotopic (exact) mass is 287 g/mol. The smallest absolute Gasteiger partial charge is 0.262 e. The summed E-state index contributed by atoms with van der Waals surface area (Å²) in [5.41, 5.74) is 0. The predicted molar refractivity (Wildman–Crippen MR) is 71.3 cm³/mol. The Kier molecular flexibility index (Phi) is 4.27. The molecule has 1 N–H and O–H groups in total. The zero-order valence-electron chi connectivity index (χ0n) is 11.4. The van der Waals surface area contributed by atoms with Crippen molar-refractivity contribution < 1.29 is 13.5 Å². The van der Waals surface area contributed by atoms with Gasteiger partial charge in [0.25, 0.3) is 10.0 Å². The number of rotatable bonds is 7. The third-order valence-corrected chi connectivity index (χ3v) is 5.09. The molecule has 0 amide bonds. The number of imidazole rings is 1. The van der Waals surface area contributed by atoms with E-state index in [1.165, 1.54) is 4.31 Å². The van der Waals surface area contributed by atoms with Crippen LogP contribution in [-0.2, 0) is 16.6 Å². The van der Waals surface area contributed by atoms with Crippen LogP contribution in [0.5, 0.6) is 0 Å². The molecule has 0 bridgehead atoms. The number of nitrogens with zero attached hydrogens (tertiary/aromatic N) is 3. The van der Waals surface area contributed by atoms with Gasteiger partial charge < -0.3 is 9.67 Å². The Morgan fingerprint density at radius 2 is 2.21 bits per heavy atom. The van der Waals surface area contributed by atoms with Crippen molar-refractivity contribution in [1.29, 1.82) is 0 Å². The number of hydrogen-bond donors (Lipinski definition) is 1. The predicted octanol–water partition coefficient (Wildman–Crippen LogP) is 0.747. The standard InChI is InChI=1S/C12H21N3O3S/c1-3-6-14-9-12(13-10(14)2)19(17,18)15(7-8-16)11-4-5-11/h9,11,16H,3-8H2,1-2H3. The van der Waals surface area contributed by atoms with Gasteiger partial charge in [0.1, 0.15) is 5.82 Å². The number of hydrogen-bond acceptors (Lipinski definition) is 4. The van der Waals surface area contributed by atoms with Crippen LogP contribution in [0.1, 0.15) is 32.0 Å². The van der Waals surface area contributed by atoms with Gasteiger partial charge in [-0.2, -0.15) is 4.31 Å². The molecular formula is C12H21N3O3S. The fourth-order valence-corrected chi connectivity index (χ4v) is 3.82. The molecule has 2 rings (SSSR count). The van der Waals surface area contributed by atoms with E-state index in [4.69, 9.17) is 5.11 Å². The molecule has 0 unspecified atom stereocenters. The van der Waals surface area contributed by atoms with Crippen LogP contribution in [0.4, 0.5) is 0 Å². The lowest BCUT2D eigenvalue weighted by molar-refractivity contribution is 0.250. The topological polar surface area (TPSA) is 75.4 Å². The first-order chi connectivity index (χ1) is 9.00. The maximum absolute atomic E-state index is 12.5. The highest BCUT2D eigenvalue weighted by atomic mass is 32.2. The van der Waals surface area contributed by atoms with E-state index in [0.717, 1.165) is 25.8 Å². The summed E-state index contributed by atoms with van der Waals surface area (Å²) in [6.45, 7) is 4.59. The molecule has 1 aliphatic carbocycles. The Morgan fingerprint density at radius 3 is 2.74 bits per heavy atom. The van der Waals surface area contributed by atoms with Gasteiger partial charge in [0, 0.05) is 25.3 Å². The van der Waals surface area contributed by atoms with E-state index in [-0.39, 0.29) is 24.2 Å². The highest BCUT2D eigenvalue weighted by Gasteiger charge is 2.38. The highest BCUT2D eigenvalue weighted by Crippen LogP contribution is 2.31.